The van der Waals surface area contributed by atoms with Crippen molar-refractivity contribution in [3.05, 3.63) is 53.9 Å². The Morgan fingerprint density at radius 2 is 1.96 bits per heavy atom. The van der Waals surface area contributed by atoms with Crippen molar-refractivity contribution in [3.8, 4) is 5.75 Å². The lowest BCUT2D eigenvalue weighted by atomic mass is 10.0. The molecule has 2 N–H and O–H groups in total. The highest BCUT2D eigenvalue weighted by molar-refractivity contribution is 6.03. The largest absolute Gasteiger partial charge is 0.497 e. The molecule has 2 rings (SSSR count). The van der Waals surface area contributed by atoms with Gasteiger partial charge in [0.25, 0.3) is 5.91 Å². The minimum Gasteiger partial charge on any atom is -0.497 e. The standard InChI is InChI=1S/C17H18N2O4/c1-11(17(21)22)9-12-3-5-13(6-4-12)19-16(20)15-10-14(23-2)7-8-18-15/h3-8,10-11H,9H2,1-2H3,(H,19,20)(H,21,22). The number of carbonyl (C=O) groups is 2. The smallest absolute Gasteiger partial charge is 0.306 e. The highest BCUT2D eigenvalue weighted by Crippen LogP contribution is 2.15. The zero-order valence-corrected chi connectivity index (χ0v) is 12.9. The van der Waals surface area contributed by atoms with Crippen LogP contribution in [0.3, 0.4) is 0 Å². The minimum absolute atomic E-state index is 0.257. The number of aliphatic carboxylic acids is 1. The Hall–Kier alpha value is -2.89. The van der Waals surface area contributed by atoms with Gasteiger partial charge in [-0.15, -0.1) is 0 Å². The van der Waals surface area contributed by atoms with Gasteiger partial charge in [0.15, 0.2) is 0 Å². The summed E-state index contributed by atoms with van der Waals surface area (Å²) in [6.45, 7) is 1.66. The number of benzene rings is 1. The fourth-order valence-electron chi connectivity index (χ4n) is 2.02. The molecule has 1 amide bonds. The summed E-state index contributed by atoms with van der Waals surface area (Å²) < 4.78 is 5.06. The zero-order valence-electron chi connectivity index (χ0n) is 12.9. The van der Waals surface area contributed by atoms with Gasteiger partial charge in [0, 0.05) is 18.0 Å². The molecule has 0 aliphatic carbocycles. The van der Waals surface area contributed by atoms with E-state index in [0.29, 0.717) is 17.9 Å². The number of methoxy groups -OCH3 is 1. The number of rotatable bonds is 6. The predicted molar refractivity (Wildman–Crippen MR) is 85.7 cm³/mol. The van der Waals surface area contributed by atoms with Crippen LogP contribution in [0.25, 0.3) is 0 Å². The molecule has 1 atom stereocenters. The number of amides is 1. The normalized spacial score (nSPS) is 11.6. The van der Waals surface area contributed by atoms with Crippen molar-refractivity contribution in [2.75, 3.05) is 12.4 Å². The topological polar surface area (TPSA) is 88.5 Å². The van der Waals surface area contributed by atoms with Crippen molar-refractivity contribution in [2.24, 2.45) is 5.92 Å². The van der Waals surface area contributed by atoms with Crippen LogP contribution in [0.15, 0.2) is 42.6 Å². The molecule has 0 radical (unpaired) electrons. The van der Waals surface area contributed by atoms with Gasteiger partial charge in [-0.3, -0.25) is 14.6 Å². The maximum atomic E-state index is 12.1. The molecular weight excluding hydrogens is 296 g/mol. The van der Waals surface area contributed by atoms with Crippen molar-refractivity contribution >= 4 is 17.6 Å². The molecule has 1 aromatic carbocycles. The Bertz CT molecular complexity index is 698. The van der Waals surface area contributed by atoms with Gasteiger partial charge in [0.2, 0.25) is 0 Å². The van der Waals surface area contributed by atoms with Gasteiger partial charge in [0.05, 0.1) is 13.0 Å². The molecule has 1 heterocycles. The Morgan fingerprint density at radius 1 is 1.26 bits per heavy atom. The molecule has 2 aromatic rings. The maximum Gasteiger partial charge on any atom is 0.306 e. The maximum absolute atomic E-state index is 12.1. The van der Waals surface area contributed by atoms with Crippen molar-refractivity contribution in [2.45, 2.75) is 13.3 Å². The summed E-state index contributed by atoms with van der Waals surface area (Å²) in [4.78, 5) is 27.0. The van der Waals surface area contributed by atoms with Crippen LogP contribution in [0.5, 0.6) is 5.75 Å². The van der Waals surface area contributed by atoms with Gasteiger partial charge in [-0.2, -0.15) is 0 Å². The molecule has 6 heteroatoms. The molecule has 0 fully saturated rings. The molecule has 1 unspecified atom stereocenters. The number of pyridine rings is 1. The lowest BCUT2D eigenvalue weighted by Gasteiger charge is -2.09. The molecule has 0 saturated carbocycles. The monoisotopic (exact) mass is 314 g/mol. The summed E-state index contributed by atoms with van der Waals surface area (Å²) >= 11 is 0. The fourth-order valence-corrected chi connectivity index (χ4v) is 2.02. The number of anilines is 1. The van der Waals surface area contributed by atoms with Crippen LogP contribution < -0.4 is 10.1 Å². The van der Waals surface area contributed by atoms with Crippen LogP contribution in [0.4, 0.5) is 5.69 Å². The van der Waals surface area contributed by atoms with E-state index >= 15 is 0 Å². The predicted octanol–water partition coefficient (Wildman–Crippen LogP) is 2.61. The van der Waals surface area contributed by atoms with Crippen LogP contribution in [0, 0.1) is 5.92 Å². The summed E-state index contributed by atoms with van der Waals surface area (Å²) in [7, 11) is 1.52. The van der Waals surface area contributed by atoms with E-state index in [1.165, 1.54) is 13.3 Å². The van der Waals surface area contributed by atoms with E-state index in [-0.39, 0.29) is 11.6 Å². The third-order valence-corrected chi connectivity index (χ3v) is 3.38. The first-order valence-corrected chi connectivity index (χ1v) is 7.12. The van der Waals surface area contributed by atoms with Crippen molar-refractivity contribution in [3.63, 3.8) is 0 Å². The van der Waals surface area contributed by atoms with Crippen LogP contribution >= 0.6 is 0 Å². The fraction of sp³-hybridized carbons (Fsp3) is 0.235. The number of carboxylic acids is 1. The van der Waals surface area contributed by atoms with E-state index in [4.69, 9.17) is 9.84 Å². The van der Waals surface area contributed by atoms with Gasteiger partial charge in [-0.05, 0) is 30.2 Å². The molecule has 23 heavy (non-hydrogen) atoms. The van der Waals surface area contributed by atoms with E-state index in [0.717, 1.165) is 5.56 Å². The number of nitrogens with zero attached hydrogens (tertiary/aromatic N) is 1. The number of hydrogen-bond donors (Lipinski definition) is 2. The summed E-state index contributed by atoms with van der Waals surface area (Å²) in [5, 5.41) is 11.7. The SMILES string of the molecule is COc1ccnc(C(=O)Nc2ccc(CC(C)C(=O)O)cc2)c1. The Balaban J connectivity index is 2.02. The third kappa shape index (κ3) is 4.54. The summed E-state index contributed by atoms with van der Waals surface area (Å²) in [6.07, 6.45) is 1.95. The van der Waals surface area contributed by atoms with Gasteiger partial charge in [-0.1, -0.05) is 19.1 Å². The van der Waals surface area contributed by atoms with E-state index in [9.17, 15) is 9.59 Å². The average Bonchev–Trinajstić information content (AvgIpc) is 2.56. The Morgan fingerprint density at radius 3 is 2.57 bits per heavy atom. The van der Waals surface area contributed by atoms with E-state index in [2.05, 4.69) is 10.3 Å². The van der Waals surface area contributed by atoms with E-state index in [1.54, 1.807) is 43.3 Å². The van der Waals surface area contributed by atoms with Crippen LogP contribution in [-0.2, 0) is 11.2 Å². The second-order valence-electron chi connectivity index (χ2n) is 5.18. The second-order valence-corrected chi connectivity index (χ2v) is 5.18. The van der Waals surface area contributed by atoms with Crippen LogP contribution in [0.1, 0.15) is 23.0 Å². The minimum atomic E-state index is -0.827. The number of aromatic nitrogens is 1. The van der Waals surface area contributed by atoms with Crippen LogP contribution in [-0.4, -0.2) is 29.1 Å². The Labute approximate surface area is 134 Å². The lowest BCUT2D eigenvalue weighted by molar-refractivity contribution is -0.141. The van der Waals surface area contributed by atoms with Crippen molar-refractivity contribution in [1.29, 1.82) is 0 Å². The van der Waals surface area contributed by atoms with Crippen molar-refractivity contribution in [1.82, 2.24) is 4.98 Å². The first kappa shape index (κ1) is 16.5. The Kier molecular flexibility index (Phi) is 5.30. The summed E-state index contributed by atoms with van der Waals surface area (Å²) in [6, 6.07) is 10.3. The van der Waals surface area contributed by atoms with E-state index < -0.39 is 11.9 Å². The van der Waals surface area contributed by atoms with Crippen molar-refractivity contribution < 1.29 is 19.4 Å². The number of carboxylic acid groups (broad SMARTS) is 1. The molecule has 0 saturated heterocycles. The summed E-state index contributed by atoms with van der Waals surface area (Å²) in [5.74, 6) is -1.05. The molecule has 120 valence electrons. The van der Waals surface area contributed by atoms with Gasteiger partial charge in [-0.25, -0.2) is 0 Å². The second kappa shape index (κ2) is 7.40. The molecule has 0 aliphatic rings. The molecule has 0 bridgehead atoms. The average molecular weight is 314 g/mol. The molecular formula is C17H18N2O4. The first-order valence-electron chi connectivity index (χ1n) is 7.12. The highest BCUT2D eigenvalue weighted by atomic mass is 16.5. The van der Waals surface area contributed by atoms with Gasteiger partial charge >= 0.3 is 5.97 Å². The lowest BCUT2D eigenvalue weighted by Crippen LogP contribution is -2.14. The highest BCUT2D eigenvalue weighted by Gasteiger charge is 2.12. The van der Waals surface area contributed by atoms with Crippen LogP contribution in [0.2, 0.25) is 0 Å². The van der Waals surface area contributed by atoms with Gasteiger partial charge < -0.3 is 15.2 Å². The number of ether oxygens (including phenoxy) is 1. The summed E-state index contributed by atoms with van der Waals surface area (Å²) in [5.41, 5.74) is 1.77. The molecule has 0 aliphatic heterocycles. The molecule has 6 nitrogen and oxygen atoms in total. The van der Waals surface area contributed by atoms with E-state index in [1.807, 2.05) is 0 Å². The quantitative estimate of drug-likeness (QED) is 0.855. The zero-order chi connectivity index (χ0) is 16.8. The third-order valence-electron chi connectivity index (χ3n) is 3.38. The number of hydrogen-bond acceptors (Lipinski definition) is 4. The molecule has 1 aromatic heterocycles. The number of carbonyl (C=O) groups excluding carboxylic acids is 1. The number of nitrogens with one attached hydrogen (secondary N) is 1. The molecule has 0 spiro atoms. The van der Waals surface area contributed by atoms with Gasteiger partial charge in [0.1, 0.15) is 11.4 Å². The first-order chi connectivity index (χ1) is 11.0.